The molecule has 0 aromatic heterocycles. The standard InChI is InChI=1S/C22H38O2/c1-5-9-11-15-19(7-3)23-21-17-13-14-18-22(21)24-20(8-4)16-12-10-6-2/h13-14,17-20H,5-12,15-16H2,1-4H3. The van der Waals surface area contributed by atoms with Crippen molar-refractivity contribution in [2.45, 2.75) is 104 Å². The lowest BCUT2D eigenvalue weighted by Crippen LogP contribution is -2.18. The summed E-state index contributed by atoms with van der Waals surface area (Å²) in [7, 11) is 0. The highest BCUT2D eigenvalue weighted by molar-refractivity contribution is 5.39. The maximum absolute atomic E-state index is 6.29. The van der Waals surface area contributed by atoms with Crippen LogP contribution >= 0.6 is 0 Å². The Morgan fingerprint density at radius 2 is 1.08 bits per heavy atom. The Balaban J connectivity index is 2.64. The molecule has 2 heteroatoms. The summed E-state index contributed by atoms with van der Waals surface area (Å²) in [6.07, 6.45) is 12.5. The van der Waals surface area contributed by atoms with Gasteiger partial charge in [-0.15, -0.1) is 0 Å². The van der Waals surface area contributed by atoms with Gasteiger partial charge < -0.3 is 9.47 Å². The minimum Gasteiger partial charge on any atom is -0.487 e. The van der Waals surface area contributed by atoms with Crippen molar-refractivity contribution in [1.82, 2.24) is 0 Å². The zero-order valence-electron chi connectivity index (χ0n) is 16.4. The fourth-order valence-electron chi connectivity index (χ4n) is 2.94. The topological polar surface area (TPSA) is 18.5 Å². The van der Waals surface area contributed by atoms with Crippen LogP contribution < -0.4 is 9.47 Å². The third-order valence-corrected chi connectivity index (χ3v) is 4.61. The molecule has 0 saturated carbocycles. The number of hydrogen-bond acceptors (Lipinski definition) is 2. The van der Waals surface area contributed by atoms with Crippen molar-refractivity contribution in [2.75, 3.05) is 0 Å². The summed E-state index contributed by atoms with van der Waals surface area (Å²) in [5.41, 5.74) is 0. The van der Waals surface area contributed by atoms with E-state index in [1.54, 1.807) is 0 Å². The van der Waals surface area contributed by atoms with Crippen molar-refractivity contribution in [3.05, 3.63) is 24.3 Å². The van der Waals surface area contributed by atoms with Gasteiger partial charge in [-0.1, -0.05) is 65.5 Å². The second-order valence-corrected chi connectivity index (χ2v) is 6.73. The zero-order chi connectivity index (χ0) is 17.6. The number of hydrogen-bond donors (Lipinski definition) is 0. The van der Waals surface area contributed by atoms with Crippen LogP contribution in [0.15, 0.2) is 24.3 Å². The van der Waals surface area contributed by atoms with Crippen LogP contribution in [0, 0.1) is 0 Å². The molecule has 1 aromatic carbocycles. The Labute approximate surface area is 149 Å². The zero-order valence-corrected chi connectivity index (χ0v) is 16.4. The van der Waals surface area contributed by atoms with E-state index in [-0.39, 0.29) is 0 Å². The molecule has 2 nitrogen and oxygen atoms in total. The van der Waals surface area contributed by atoms with E-state index >= 15 is 0 Å². The molecule has 0 heterocycles. The molecule has 0 N–H and O–H groups in total. The maximum atomic E-state index is 6.29. The average Bonchev–Trinajstić information content (AvgIpc) is 2.61. The van der Waals surface area contributed by atoms with Crippen molar-refractivity contribution >= 4 is 0 Å². The molecule has 2 unspecified atom stereocenters. The normalized spacial score (nSPS) is 13.5. The minimum atomic E-state index is 0.293. The molecule has 0 amide bonds. The summed E-state index contributed by atoms with van der Waals surface area (Å²) in [4.78, 5) is 0. The second kappa shape index (κ2) is 13.1. The summed E-state index contributed by atoms with van der Waals surface area (Å²) in [5, 5.41) is 0. The number of ether oxygens (including phenoxy) is 2. The Hall–Kier alpha value is -1.18. The first-order valence-electron chi connectivity index (χ1n) is 10.2. The first-order chi connectivity index (χ1) is 11.7. The van der Waals surface area contributed by atoms with E-state index in [0.29, 0.717) is 12.2 Å². The Bertz CT molecular complexity index is 377. The van der Waals surface area contributed by atoms with E-state index < -0.39 is 0 Å². The van der Waals surface area contributed by atoms with Crippen LogP contribution in [0.5, 0.6) is 11.5 Å². The quantitative estimate of drug-likeness (QED) is 0.336. The van der Waals surface area contributed by atoms with Gasteiger partial charge in [0, 0.05) is 0 Å². The first kappa shape index (κ1) is 20.9. The van der Waals surface area contributed by atoms with Gasteiger partial charge in [0.25, 0.3) is 0 Å². The molecule has 0 radical (unpaired) electrons. The van der Waals surface area contributed by atoms with Gasteiger partial charge in [0.05, 0.1) is 12.2 Å². The molecular formula is C22H38O2. The van der Waals surface area contributed by atoms with Gasteiger partial charge in [0.15, 0.2) is 11.5 Å². The summed E-state index contributed by atoms with van der Waals surface area (Å²) in [6, 6.07) is 8.19. The van der Waals surface area contributed by atoms with Crippen LogP contribution in [0.3, 0.4) is 0 Å². The molecule has 138 valence electrons. The molecule has 0 spiro atoms. The summed E-state index contributed by atoms with van der Waals surface area (Å²) >= 11 is 0. The van der Waals surface area contributed by atoms with Crippen LogP contribution in [-0.4, -0.2) is 12.2 Å². The Kier molecular flexibility index (Phi) is 11.4. The summed E-state index contributed by atoms with van der Waals surface area (Å²) in [5.74, 6) is 1.82. The molecule has 0 fully saturated rings. The number of benzene rings is 1. The third kappa shape index (κ3) is 8.08. The van der Waals surface area contributed by atoms with E-state index in [9.17, 15) is 0 Å². The minimum absolute atomic E-state index is 0.293. The molecule has 0 aliphatic carbocycles. The Morgan fingerprint density at radius 1 is 0.667 bits per heavy atom. The number of para-hydroxylation sites is 2. The van der Waals surface area contributed by atoms with Crippen LogP contribution in [0.1, 0.15) is 91.9 Å². The number of unbranched alkanes of at least 4 members (excludes halogenated alkanes) is 4. The highest BCUT2D eigenvalue weighted by Gasteiger charge is 2.15. The molecule has 0 bridgehead atoms. The van der Waals surface area contributed by atoms with Crippen molar-refractivity contribution < 1.29 is 9.47 Å². The largest absolute Gasteiger partial charge is 0.487 e. The highest BCUT2D eigenvalue weighted by Crippen LogP contribution is 2.31. The van der Waals surface area contributed by atoms with Gasteiger partial charge in [-0.05, 0) is 50.7 Å². The van der Waals surface area contributed by atoms with Gasteiger partial charge in [-0.2, -0.15) is 0 Å². The first-order valence-corrected chi connectivity index (χ1v) is 10.2. The molecule has 0 aliphatic rings. The fourth-order valence-corrected chi connectivity index (χ4v) is 2.94. The second-order valence-electron chi connectivity index (χ2n) is 6.73. The lowest BCUT2D eigenvalue weighted by atomic mass is 10.1. The van der Waals surface area contributed by atoms with Gasteiger partial charge >= 0.3 is 0 Å². The van der Waals surface area contributed by atoms with E-state index in [2.05, 4.69) is 39.8 Å². The number of rotatable bonds is 14. The van der Waals surface area contributed by atoms with Crippen molar-refractivity contribution in [3.8, 4) is 11.5 Å². The van der Waals surface area contributed by atoms with Crippen molar-refractivity contribution in [1.29, 1.82) is 0 Å². The van der Waals surface area contributed by atoms with Gasteiger partial charge in [0.2, 0.25) is 0 Å². The monoisotopic (exact) mass is 334 g/mol. The predicted molar refractivity (Wildman–Crippen MR) is 104 cm³/mol. The summed E-state index contributed by atoms with van der Waals surface area (Å²) < 4.78 is 12.6. The van der Waals surface area contributed by atoms with Crippen LogP contribution in [0.25, 0.3) is 0 Å². The van der Waals surface area contributed by atoms with Crippen LogP contribution in [0.4, 0.5) is 0 Å². The average molecular weight is 335 g/mol. The molecule has 2 atom stereocenters. The van der Waals surface area contributed by atoms with Gasteiger partial charge in [-0.3, -0.25) is 0 Å². The molecular weight excluding hydrogens is 296 g/mol. The molecule has 0 aliphatic heterocycles. The van der Waals surface area contributed by atoms with E-state index in [1.165, 1.54) is 38.5 Å². The highest BCUT2D eigenvalue weighted by atomic mass is 16.5. The molecule has 24 heavy (non-hydrogen) atoms. The fraction of sp³-hybridized carbons (Fsp3) is 0.727. The lowest BCUT2D eigenvalue weighted by molar-refractivity contribution is 0.147. The smallest absolute Gasteiger partial charge is 0.161 e. The van der Waals surface area contributed by atoms with Crippen LogP contribution in [0.2, 0.25) is 0 Å². The molecule has 0 saturated heterocycles. The predicted octanol–water partition coefficient (Wildman–Crippen LogP) is 7.16. The van der Waals surface area contributed by atoms with E-state index in [0.717, 1.165) is 37.2 Å². The maximum Gasteiger partial charge on any atom is 0.161 e. The van der Waals surface area contributed by atoms with E-state index in [4.69, 9.17) is 9.47 Å². The van der Waals surface area contributed by atoms with Gasteiger partial charge in [-0.25, -0.2) is 0 Å². The molecule has 1 rings (SSSR count). The lowest BCUT2D eigenvalue weighted by Gasteiger charge is -2.23. The van der Waals surface area contributed by atoms with Crippen LogP contribution in [-0.2, 0) is 0 Å². The van der Waals surface area contributed by atoms with E-state index in [1.807, 2.05) is 12.1 Å². The SMILES string of the molecule is CCCCCC(CC)Oc1ccccc1OC(CC)CCCCC. The third-order valence-electron chi connectivity index (χ3n) is 4.61. The van der Waals surface area contributed by atoms with Crippen molar-refractivity contribution in [3.63, 3.8) is 0 Å². The van der Waals surface area contributed by atoms with Crippen molar-refractivity contribution in [2.24, 2.45) is 0 Å². The van der Waals surface area contributed by atoms with Gasteiger partial charge in [0.1, 0.15) is 0 Å². The molecule has 1 aromatic rings. The Morgan fingerprint density at radius 3 is 1.42 bits per heavy atom. The summed E-state index contributed by atoms with van der Waals surface area (Å²) in [6.45, 7) is 8.90.